The summed E-state index contributed by atoms with van der Waals surface area (Å²) in [4.78, 5) is 14.5. The average Bonchev–Trinajstić information content (AvgIpc) is 3.03. The molecule has 4 rings (SSSR count). The molecule has 17 heavy (non-hydrogen) atoms. The number of hydrogen-bond donors (Lipinski definition) is 0. The van der Waals surface area contributed by atoms with E-state index in [-0.39, 0.29) is 0 Å². The zero-order valence-electron chi connectivity index (χ0n) is 9.88. The number of carbonyl (C=O) groups is 1. The van der Waals surface area contributed by atoms with E-state index in [9.17, 15) is 4.79 Å². The van der Waals surface area contributed by atoms with E-state index in [1.54, 1.807) is 0 Å². The van der Waals surface area contributed by atoms with Crippen molar-refractivity contribution in [3.63, 3.8) is 0 Å². The van der Waals surface area contributed by atoms with Crippen molar-refractivity contribution in [2.45, 2.75) is 19.3 Å². The monoisotopic (exact) mass is 227 g/mol. The number of carbonyl (C=O) groups excluding carboxylic acids is 1. The van der Waals surface area contributed by atoms with Crippen molar-refractivity contribution < 1.29 is 4.79 Å². The molecule has 2 bridgehead atoms. The molecule has 1 aliphatic heterocycles. The van der Waals surface area contributed by atoms with Gasteiger partial charge in [0, 0.05) is 18.2 Å². The van der Waals surface area contributed by atoms with E-state index in [0.29, 0.717) is 23.7 Å². The summed E-state index contributed by atoms with van der Waals surface area (Å²) in [5, 5.41) is 0. The molecule has 0 spiro atoms. The van der Waals surface area contributed by atoms with Gasteiger partial charge in [0.05, 0.1) is 0 Å². The van der Waals surface area contributed by atoms with Crippen LogP contribution in [0.4, 0.5) is 5.69 Å². The summed E-state index contributed by atoms with van der Waals surface area (Å²) in [5.74, 6) is 2.94. The number of hydrogen-bond acceptors (Lipinski definition) is 1. The van der Waals surface area contributed by atoms with E-state index < -0.39 is 0 Å². The Balaban J connectivity index is 1.67. The molecule has 2 heteroatoms. The highest BCUT2D eigenvalue weighted by molar-refractivity contribution is 5.98. The standard InChI is InChI=1S/C15H17NO/c17-15-14-11-7-6-10(8-11)13(14)9-16(15)12-4-2-1-3-5-12/h1-5,10-11,13-14H,6-9H2. The van der Waals surface area contributed by atoms with Gasteiger partial charge in [-0.25, -0.2) is 0 Å². The van der Waals surface area contributed by atoms with E-state index in [2.05, 4.69) is 12.1 Å². The Morgan fingerprint density at radius 1 is 1.06 bits per heavy atom. The van der Waals surface area contributed by atoms with Crippen LogP contribution in [0, 0.1) is 23.7 Å². The Hall–Kier alpha value is -1.31. The lowest BCUT2D eigenvalue weighted by atomic mass is 9.81. The molecule has 3 aliphatic rings. The van der Waals surface area contributed by atoms with Crippen molar-refractivity contribution in [2.24, 2.45) is 23.7 Å². The van der Waals surface area contributed by atoms with Gasteiger partial charge in [-0.1, -0.05) is 18.2 Å². The van der Waals surface area contributed by atoms with E-state index in [1.807, 2.05) is 23.1 Å². The minimum Gasteiger partial charge on any atom is -0.312 e. The number of para-hydroxylation sites is 1. The van der Waals surface area contributed by atoms with Crippen LogP contribution in [0.3, 0.4) is 0 Å². The molecular weight excluding hydrogens is 210 g/mol. The van der Waals surface area contributed by atoms with Crippen molar-refractivity contribution in [3.8, 4) is 0 Å². The quantitative estimate of drug-likeness (QED) is 0.722. The lowest BCUT2D eigenvalue weighted by molar-refractivity contribution is -0.122. The summed E-state index contributed by atoms with van der Waals surface area (Å²) in [6, 6.07) is 10.2. The van der Waals surface area contributed by atoms with E-state index >= 15 is 0 Å². The van der Waals surface area contributed by atoms with Gasteiger partial charge in [0.15, 0.2) is 0 Å². The van der Waals surface area contributed by atoms with Crippen LogP contribution < -0.4 is 4.90 Å². The molecule has 0 radical (unpaired) electrons. The summed E-state index contributed by atoms with van der Waals surface area (Å²) in [7, 11) is 0. The average molecular weight is 227 g/mol. The molecule has 1 amide bonds. The zero-order valence-corrected chi connectivity index (χ0v) is 9.88. The Morgan fingerprint density at radius 2 is 1.82 bits per heavy atom. The highest BCUT2D eigenvalue weighted by atomic mass is 16.2. The maximum Gasteiger partial charge on any atom is 0.230 e. The van der Waals surface area contributed by atoms with Gasteiger partial charge in [-0.2, -0.15) is 0 Å². The SMILES string of the molecule is O=C1C2C3CCC(C3)C2CN1c1ccccc1. The fourth-order valence-corrected chi connectivity index (χ4v) is 4.38. The van der Waals surface area contributed by atoms with Gasteiger partial charge in [0.25, 0.3) is 0 Å². The molecule has 2 aliphatic carbocycles. The molecule has 1 heterocycles. The maximum atomic E-state index is 12.5. The molecule has 88 valence electrons. The molecule has 2 saturated carbocycles. The van der Waals surface area contributed by atoms with E-state index in [1.165, 1.54) is 19.3 Å². The lowest BCUT2D eigenvalue weighted by Gasteiger charge is -2.20. The van der Waals surface area contributed by atoms with Crippen LogP contribution in [0.1, 0.15) is 19.3 Å². The number of amides is 1. The number of anilines is 1. The minimum absolute atomic E-state index is 0.356. The predicted octanol–water partition coefficient (Wildman–Crippen LogP) is 2.70. The third kappa shape index (κ3) is 1.24. The zero-order chi connectivity index (χ0) is 11.4. The highest BCUT2D eigenvalue weighted by Crippen LogP contribution is 2.55. The van der Waals surface area contributed by atoms with Crippen LogP contribution in [0.15, 0.2) is 30.3 Å². The molecule has 4 atom stereocenters. The first-order chi connectivity index (χ1) is 8.34. The van der Waals surface area contributed by atoms with Crippen molar-refractivity contribution in [1.82, 2.24) is 0 Å². The van der Waals surface area contributed by atoms with Crippen LogP contribution in [0.2, 0.25) is 0 Å². The first kappa shape index (κ1) is 9.69. The predicted molar refractivity (Wildman–Crippen MR) is 66.6 cm³/mol. The van der Waals surface area contributed by atoms with Crippen molar-refractivity contribution in [1.29, 1.82) is 0 Å². The van der Waals surface area contributed by atoms with Gasteiger partial charge in [-0.3, -0.25) is 4.79 Å². The van der Waals surface area contributed by atoms with Crippen LogP contribution >= 0.6 is 0 Å². The third-order valence-corrected chi connectivity index (χ3v) is 5.10. The molecule has 4 unspecified atom stereocenters. The summed E-state index contributed by atoms with van der Waals surface area (Å²) in [6.07, 6.45) is 3.98. The van der Waals surface area contributed by atoms with Crippen LogP contribution in [0.5, 0.6) is 0 Å². The van der Waals surface area contributed by atoms with E-state index in [4.69, 9.17) is 0 Å². The molecule has 2 nitrogen and oxygen atoms in total. The van der Waals surface area contributed by atoms with Crippen LogP contribution in [-0.4, -0.2) is 12.5 Å². The highest BCUT2D eigenvalue weighted by Gasteiger charge is 2.56. The summed E-state index contributed by atoms with van der Waals surface area (Å²) in [5.41, 5.74) is 1.09. The van der Waals surface area contributed by atoms with Crippen molar-refractivity contribution in [3.05, 3.63) is 30.3 Å². The first-order valence-electron chi connectivity index (χ1n) is 6.71. The first-order valence-corrected chi connectivity index (χ1v) is 6.71. The number of nitrogens with zero attached hydrogens (tertiary/aromatic N) is 1. The van der Waals surface area contributed by atoms with Gasteiger partial charge in [0.2, 0.25) is 5.91 Å². The topological polar surface area (TPSA) is 20.3 Å². The maximum absolute atomic E-state index is 12.5. The van der Waals surface area contributed by atoms with E-state index in [0.717, 1.165) is 18.2 Å². The molecule has 1 aromatic rings. The van der Waals surface area contributed by atoms with Gasteiger partial charge >= 0.3 is 0 Å². The molecule has 0 aromatic heterocycles. The Labute approximate surface area is 102 Å². The van der Waals surface area contributed by atoms with Gasteiger partial charge in [-0.05, 0) is 49.1 Å². The summed E-state index contributed by atoms with van der Waals surface area (Å²) < 4.78 is 0. The second-order valence-electron chi connectivity index (χ2n) is 5.81. The molecule has 1 aromatic carbocycles. The number of rotatable bonds is 1. The number of fused-ring (bicyclic) bond motifs is 5. The fourth-order valence-electron chi connectivity index (χ4n) is 4.38. The van der Waals surface area contributed by atoms with Crippen molar-refractivity contribution >= 4 is 11.6 Å². The second kappa shape index (κ2) is 3.34. The molecule has 1 saturated heterocycles. The molecule has 3 fully saturated rings. The number of benzene rings is 1. The normalized spacial score (nSPS) is 38.8. The minimum atomic E-state index is 0.356. The Bertz CT molecular complexity index is 455. The van der Waals surface area contributed by atoms with Crippen LogP contribution in [0.25, 0.3) is 0 Å². The second-order valence-corrected chi connectivity index (χ2v) is 5.81. The summed E-state index contributed by atoms with van der Waals surface area (Å²) in [6.45, 7) is 0.967. The van der Waals surface area contributed by atoms with Gasteiger partial charge in [0.1, 0.15) is 0 Å². The molecular formula is C15H17NO. The third-order valence-electron chi connectivity index (χ3n) is 5.10. The molecule has 0 N–H and O–H groups in total. The Morgan fingerprint density at radius 3 is 2.59 bits per heavy atom. The van der Waals surface area contributed by atoms with Gasteiger partial charge < -0.3 is 4.90 Å². The summed E-state index contributed by atoms with van der Waals surface area (Å²) >= 11 is 0. The fraction of sp³-hybridized carbons (Fsp3) is 0.533. The van der Waals surface area contributed by atoms with Crippen molar-refractivity contribution in [2.75, 3.05) is 11.4 Å². The van der Waals surface area contributed by atoms with Gasteiger partial charge in [-0.15, -0.1) is 0 Å². The Kier molecular flexibility index (Phi) is 1.91. The lowest BCUT2D eigenvalue weighted by Crippen LogP contribution is -2.29. The largest absolute Gasteiger partial charge is 0.312 e. The smallest absolute Gasteiger partial charge is 0.230 e. The van der Waals surface area contributed by atoms with Crippen LogP contribution in [-0.2, 0) is 4.79 Å².